The molecule has 20 heavy (non-hydrogen) atoms. The zero-order valence-electron chi connectivity index (χ0n) is 11.7. The first kappa shape index (κ1) is 15.0. The Morgan fingerprint density at radius 3 is 2.30 bits per heavy atom. The Morgan fingerprint density at radius 1 is 1.00 bits per heavy atom. The summed E-state index contributed by atoms with van der Waals surface area (Å²) in [6.45, 7) is 6.46. The van der Waals surface area contributed by atoms with Crippen molar-refractivity contribution >= 4 is 28.9 Å². The number of nitrogen functional groups attached to an aromatic ring is 1. The van der Waals surface area contributed by atoms with Crippen molar-refractivity contribution in [2.75, 3.05) is 5.73 Å². The molecule has 2 nitrogen and oxygen atoms in total. The number of nitrogens with two attached hydrogens (primary N) is 1. The van der Waals surface area contributed by atoms with E-state index in [1.807, 2.05) is 18.2 Å². The highest BCUT2D eigenvalue weighted by atomic mass is 35.5. The second kappa shape index (κ2) is 5.55. The summed E-state index contributed by atoms with van der Waals surface area (Å²) in [5.41, 5.74) is 7.60. The fraction of sp³-hybridized carbons (Fsp3) is 0.250. The summed E-state index contributed by atoms with van der Waals surface area (Å²) in [7, 11) is 0. The van der Waals surface area contributed by atoms with E-state index in [9.17, 15) is 0 Å². The van der Waals surface area contributed by atoms with Crippen molar-refractivity contribution in [2.24, 2.45) is 0 Å². The van der Waals surface area contributed by atoms with Crippen LogP contribution in [0.1, 0.15) is 26.3 Å². The minimum atomic E-state index is 0.0581. The number of hydrogen-bond acceptors (Lipinski definition) is 2. The second-order valence-electron chi connectivity index (χ2n) is 5.68. The van der Waals surface area contributed by atoms with Crippen LogP contribution in [0.25, 0.3) is 0 Å². The summed E-state index contributed by atoms with van der Waals surface area (Å²) in [5.74, 6) is 1.23. The lowest BCUT2D eigenvalue weighted by atomic mass is 9.87. The van der Waals surface area contributed by atoms with Gasteiger partial charge in [-0.3, -0.25) is 0 Å². The largest absolute Gasteiger partial charge is 0.455 e. The van der Waals surface area contributed by atoms with Crippen LogP contribution in [0.15, 0.2) is 36.4 Å². The third-order valence-electron chi connectivity index (χ3n) is 2.98. The van der Waals surface area contributed by atoms with Crippen molar-refractivity contribution in [1.29, 1.82) is 0 Å². The summed E-state index contributed by atoms with van der Waals surface area (Å²) in [5, 5.41) is 0.836. The first-order chi connectivity index (χ1) is 9.27. The smallest absolute Gasteiger partial charge is 0.151 e. The highest BCUT2D eigenvalue weighted by molar-refractivity contribution is 6.42. The van der Waals surface area contributed by atoms with Gasteiger partial charge in [-0.1, -0.05) is 56.1 Å². The maximum atomic E-state index is 5.99. The molecule has 0 aliphatic heterocycles. The molecule has 4 heteroatoms. The zero-order chi connectivity index (χ0) is 14.9. The van der Waals surface area contributed by atoms with Gasteiger partial charge in [0, 0.05) is 6.07 Å². The summed E-state index contributed by atoms with van der Waals surface area (Å²) in [6, 6.07) is 11.1. The Bertz CT molecular complexity index is 633. The van der Waals surface area contributed by atoms with E-state index in [0.29, 0.717) is 21.5 Å². The van der Waals surface area contributed by atoms with Gasteiger partial charge in [0.05, 0.1) is 15.7 Å². The molecule has 0 aliphatic carbocycles. The molecule has 2 N–H and O–H groups in total. The fourth-order valence-electron chi connectivity index (χ4n) is 1.79. The van der Waals surface area contributed by atoms with Gasteiger partial charge in [0.1, 0.15) is 5.75 Å². The van der Waals surface area contributed by atoms with Crippen LogP contribution in [0.2, 0.25) is 10.0 Å². The Morgan fingerprint density at radius 2 is 1.65 bits per heavy atom. The Kier molecular flexibility index (Phi) is 4.17. The highest BCUT2D eigenvalue weighted by Crippen LogP contribution is 2.36. The van der Waals surface area contributed by atoms with Gasteiger partial charge in [0.15, 0.2) is 5.75 Å². The number of benzene rings is 2. The summed E-state index contributed by atoms with van der Waals surface area (Å²) < 4.78 is 5.81. The molecule has 2 rings (SSSR count). The topological polar surface area (TPSA) is 35.2 Å². The zero-order valence-corrected chi connectivity index (χ0v) is 13.2. The van der Waals surface area contributed by atoms with Crippen molar-refractivity contribution in [3.8, 4) is 11.5 Å². The van der Waals surface area contributed by atoms with E-state index in [4.69, 9.17) is 33.7 Å². The van der Waals surface area contributed by atoms with Gasteiger partial charge in [0.2, 0.25) is 0 Å². The molecular formula is C16H17Cl2NO. The number of halogens is 2. The molecule has 2 aromatic carbocycles. The van der Waals surface area contributed by atoms with Crippen LogP contribution in [0.5, 0.6) is 11.5 Å². The molecule has 0 radical (unpaired) electrons. The molecule has 0 heterocycles. The van der Waals surface area contributed by atoms with Gasteiger partial charge in [0.25, 0.3) is 0 Å². The van der Waals surface area contributed by atoms with Gasteiger partial charge in [-0.25, -0.2) is 0 Å². The SMILES string of the molecule is CC(C)(C)c1cccc(Oc2cc(Cl)c(Cl)cc2N)c1. The van der Waals surface area contributed by atoms with Gasteiger partial charge < -0.3 is 10.5 Å². The van der Waals surface area contributed by atoms with Crippen LogP contribution < -0.4 is 10.5 Å². The minimum absolute atomic E-state index is 0.0581. The molecule has 0 fully saturated rings. The standard InChI is InChI=1S/C16H17Cl2NO/c1-16(2,3)10-5-4-6-11(7-10)20-15-9-13(18)12(17)8-14(15)19/h4-9H,19H2,1-3H3. The number of rotatable bonds is 2. The van der Waals surface area contributed by atoms with Crippen LogP contribution in [0.3, 0.4) is 0 Å². The number of ether oxygens (including phenoxy) is 1. The average Bonchev–Trinajstić information content (AvgIpc) is 2.35. The average molecular weight is 310 g/mol. The van der Waals surface area contributed by atoms with Crippen molar-refractivity contribution in [3.05, 3.63) is 52.0 Å². The third-order valence-corrected chi connectivity index (χ3v) is 3.70. The molecule has 0 spiro atoms. The molecule has 0 amide bonds. The van der Waals surface area contributed by atoms with Crippen LogP contribution in [-0.4, -0.2) is 0 Å². The second-order valence-corrected chi connectivity index (χ2v) is 6.50. The maximum Gasteiger partial charge on any atom is 0.151 e. The highest BCUT2D eigenvalue weighted by Gasteiger charge is 2.14. The van der Waals surface area contributed by atoms with Crippen LogP contribution in [0, 0.1) is 0 Å². The van der Waals surface area contributed by atoms with Crippen LogP contribution >= 0.6 is 23.2 Å². The van der Waals surface area contributed by atoms with E-state index in [0.717, 1.165) is 5.75 Å². The molecule has 0 saturated heterocycles. The third kappa shape index (κ3) is 3.38. The van der Waals surface area contributed by atoms with Gasteiger partial charge in [-0.2, -0.15) is 0 Å². The monoisotopic (exact) mass is 309 g/mol. The predicted octanol–water partition coefficient (Wildman–Crippen LogP) is 5.67. The summed E-state index contributed by atoms with van der Waals surface area (Å²) in [4.78, 5) is 0. The van der Waals surface area contributed by atoms with Crippen LogP contribution in [-0.2, 0) is 5.41 Å². The summed E-state index contributed by atoms with van der Waals surface area (Å²) >= 11 is 11.9. The number of anilines is 1. The van der Waals surface area contributed by atoms with Crippen molar-refractivity contribution in [1.82, 2.24) is 0 Å². The van der Waals surface area contributed by atoms with Crippen molar-refractivity contribution in [3.63, 3.8) is 0 Å². The molecule has 0 saturated carbocycles. The molecule has 2 aromatic rings. The lowest BCUT2D eigenvalue weighted by molar-refractivity contribution is 0.481. The Balaban J connectivity index is 2.33. The van der Waals surface area contributed by atoms with E-state index < -0.39 is 0 Å². The van der Waals surface area contributed by atoms with E-state index in [1.165, 1.54) is 5.56 Å². The van der Waals surface area contributed by atoms with Gasteiger partial charge in [-0.05, 0) is 29.2 Å². The first-order valence-electron chi connectivity index (χ1n) is 6.30. The number of hydrogen-bond donors (Lipinski definition) is 1. The van der Waals surface area contributed by atoms with Crippen molar-refractivity contribution < 1.29 is 4.74 Å². The van der Waals surface area contributed by atoms with Crippen molar-refractivity contribution in [2.45, 2.75) is 26.2 Å². The molecule has 0 atom stereocenters. The van der Waals surface area contributed by atoms with E-state index in [-0.39, 0.29) is 5.41 Å². The lowest BCUT2D eigenvalue weighted by Crippen LogP contribution is -2.10. The molecule has 0 aliphatic rings. The molecule has 0 unspecified atom stereocenters. The minimum Gasteiger partial charge on any atom is -0.455 e. The van der Waals surface area contributed by atoms with Gasteiger partial charge in [-0.15, -0.1) is 0 Å². The fourth-order valence-corrected chi connectivity index (χ4v) is 2.11. The maximum absolute atomic E-state index is 5.99. The van der Waals surface area contributed by atoms with E-state index in [2.05, 4.69) is 26.8 Å². The molecule has 0 aromatic heterocycles. The Labute approximate surface area is 129 Å². The molecule has 106 valence electrons. The predicted molar refractivity (Wildman–Crippen MR) is 86.1 cm³/mol. The summed E-state index contributed by atoms with van der Waals surface area (Å²) in [6.07, 6.45) is 0. The van der Waals surface area contributed by atoms with Crippen LogP contribution in [0.4, 0.5) is 5.69 Å². The molecule has 0 bridgehead atoms. The normalized spacial score (nSPS) is 11.4. The van der Waals surface area contributed by atoms with Gasteiger partial charge >= 0.3 is 0 Å². The first-order valence-corrected chi connectivity index (χ1v) is 7.06. The Hall–Kier alpha value is -1.38. The van der Waals surface area contributed by atoms with E-state index >= 15 is 0 Å². The van der Waals surface area contributed by atoms with E-state index in [1.54, 1.807) is 12.1 Å². The lowest BCUT2D eigenvalue weighted by Gasteiger charge is -2.20. The molecular weight excluding hydrogens is 293 g/mol. The quantitative estimate of drug-likeness (QED) is 0.726.